The average Bonchev–Trinajstić information content (AvgIpc) is 2.93. The summed E-state index contributed by atoms with van der Waals surface area (Å²) >= 11 is 0. The molecule has 1 heterocycles. The fourth-order valence-electron chi connectivity index (χ4n) is 2.16. The average molecular weight is 269 g/mol. The highest BCUT2D eigenvalue weighted by atomic mass is 19.1. The van der Waals surface area contributed by atoms with Crippen LogP contribution in [0.3, 0.4) is 0 Å². The SMILES string of the molecule is O=Cc1c[nH]c2c(F)ccc(OCc3ccccc3)c12. The summed E-state index contributed by atoms with van der Waals surface area (Å²) in [5, 5.41) is 0.482. The van der Waals surface area contributed by atoms with Crippen molar-refractivity contribution in [3.05, 3.63) is 65.6 Å². The van der Waals surface area contributed by atoms with Gasteiger partial charge in [-0.2, -0.15) is 0 Å². The van der Waals surface area contributed by atoms with Gasteiger partial charge >= 0.3 is 0 Å². The van der Waals surface area contributed by atoms with Crippen LogP contribution < -0.4 is 4.74 Å². The molecule has 0 atom stereocenters. The van der Waals surface area contributed by atoms with Crippen molar-refractivity contribution in [3.63, 3.8) is 0 Å². The van der Waals surface area contributed by atoms with Gasteiger partial charge in [-0.25, -0.2) is 4.39 Å². The van der Waals surface area contributed by atoms with Crippen LogP contribution in [0.4, 0.5) is 4.39 Å². The summed E-state index contributed by atoms with van der Waals surface area (Å²) in [4.78, 5) is 13.8. The highest BCUT2D eigenvalue weighted by molar-refractivity contribution is 6.01. The summed E-state index contributed by atoms with van der Waals surface area (Å²) in [6.07, 6.45) is 2.17. The van der Waals surface area contributed by atoms with E-state index in [4.69, 9.17) is 4.74 Å². The number of hydrogen-bond acceptors (Lipinski definition) is 2. The fraction of sp³-hybridized carbons (Fsp3) is 0.0625. The summed E-state index contributed by atoms with van der Waals surface area (Å²) in [6.45, 7) is 0.366. The molecule has 0 saturated carbocycles. The smallest absolute Gasteiger partial charge is 0.152 e. The Hall–Kier alpha value is -2.62. The zero-order chi connectivity index (χ0) is 13.9. The van der Waals surface area contributed by atoms with Crippen LogP contribution in [0.2, 0.25) is 0 Å². The van der Waals surface area contributed by atoms with Crippen LogP contribution in [0.1, 0.15) is 15.9 Å². The Kier molecular flexibility index (Phi) is 3.21. The third-order valence-electron chi connectivity index (χ3n) is 3.14. The largest absolute Gasteiger partial charge is 0.488 e. The van der Waals surface area contributed by atoms with Gasteiger partial charge in [0.1, 0.15) is 18.2 Å². The van der Waals surface area contributed by atoms with Crippen molar-refractivity contribution in [2.75, 3.05) is 0 Å². The zero-order valence-corrected chi connectivity index (χ0v) is 10.6. The molecular weight excluding hydrogens is 257 g/mol. The minimum absolute atomic E-state index is 0.290. The van der Waals surface area contributed by atoms with Crippen LogP contribution in [0.5, 0.6) is 5.75 Å². The molecule has 2 aromatic carbocycles. The molecule has 0 fully saturated rings. The number of aromatic amines is 1. The molecule has 3 rings (SSSR count). The Morgan fingerprint density at radius 1 is 1.15 bits per heavy atom. The first-order valence-corrected chi connectivity index (χ1v) is 6.21. The second-order valence-electron chi connectivity index (χ2n) is 4.43. The normalized spacial score (nSPS) is 10.7. The molecule has 0 aliphatic rings. The molecule has 1 aromatic heterocycles. The molecule has 0 bridgehead atoms. The van der Waals surface area contributed by atoms with E-state index in [9.17, 15) is 9.18 Å². The van der Waals surface area contributed by atoms with E-state index in [0.29, 0.717) is 29.6 Å². The van der Waals surface area contributed by atoms with Crippen molar-refractivity contribution in [1.29, 1.82) is 0 Å². The maximum absolute atomic E-state index is 13.7. The predicted molar refractivity (Wildman–Crippen MR) is 74.4 cm³/mol. The van der Waals surface area contributed by atoms with Gasteiger partial charge in [0.2, 0.25) is 0 Å². The Morgan fingerprint density at radius 3 is 2.70 bits per heavy atom. The van der Waals surface area contributed by atoms with Crippen molar-refractivity contribution in [2.24, 2.45) is 0 Å². The van der Waals surface area contributed by atoms with Crippen molar-refractivity contribution in [3.8, 4) is 5.75 Å². The first kappa shape index (κ1) is 12.4. The first-order valence-electron chi connectivity index (χ1n) is 6.21. The molecule has 0 unspecified atom stereocenters. The second-order valence-corrected chi connectivity index (χ2v) is 4.43. The number of halogens is 1. The Labute approximate surface area is 115 Å². The Bertz CT molecular complexity index is 750. The molecule has 3 aromatic rings. The Morgan fingerprint density at radius 2 is 1.95 bits per heavy atom. The van der Waals surface area contributed by atoms with Crippen molar-refractivity contribution in [1.82, 2.24) is 4.98 Å². The number of fused-ring (bicyclic) bond motifs is 1. The van der Waals surface area contributed by atoms with Gasteiger partial charge in [-0.3, -0.25) is 4.79 Å². The van der Waals surface area contributed by atoms with E-state index in [-0.39, 0.29) is 5.52 Å². The Balaban J connectivity index is 1.97. The molecule has 20 heavy (non-hydrogen) atoms. The molecule has 0 amide bonds. The number of H-pyrrole nitrogens is 1. The maximum Gasteiger partial charge on any atom is 0.152 e. The molecular formula is C16H12FNO2. The highest BCUT2D eigenvalue weighted by Gasteiger charge is 2.13. The van der Waals surface area contributed by atoms with Crippen LogP contribution >= 0.6 is 0 Å². The molecule has 100 valence electrons. The third kappa shape index (κ3) is 2.16. The molecule has 4 heteroatoms. The first-order chi connectivity index (χ1) is 9.79. The molecule has 0 aliphatic carbocycles. The number of carbonyl (C=O) groups is 1. The van der Waals surface area contributed by atoms with Gasteiger partial charge in [0.15, 0.2) is 6.29 Å². The second kappa shape index (κ2) is 5.17. The summed E-state index contributed by atoms with van der Waals surface area (Å²) in [7, 11) is 0. The number of benzene rings is 2. The van der Waals surface area contributed by atoms with Crippen LogP contribution in [-0.4, -0.2) is 11.3 Å². The molecule has 0 saturated heterocycles. The minimum atomic E-state index is -0.403. The monoisotopic (exact) mass is 269 g/mol. The molecule has 0 radical (unpaired) electrons. The summed E-state index contributed by atoms with van der Waals surface area (Å²) in [5.41, 5.74) is 1.69. The van der Waals surface area contributed by atoms with Gasteiger partial charge in [0.05, 0.1) is 10.9 Å². The van der Waals surface area contributed by atoms with Crippen molar-refractivity contribution in [2.45, 2.75) is 6.61 Å². The number of hydrogen-bond donors (Lipinski definition) is 1. The lowest BCUT2D eigenvalue weighted by molar-refractivity contribution is 0.112. The van der Waals surface area contributed by atoms with Crippen LogP contribution in [0, 0.1) is 5.82 Å². The van der Waals surface area contributed by atoms with Crippen LogP contribution in [0.25, 0.3) is 10.9 Å². The fourth-order valence-corrected chi connectivity index (χ4v) is 2.16. The topological polar surface area (TPSA) is 42.1 Å². The number of nitrogens with one attached hydrogen (secondary N) is 1. The number of ether oxygens (including phenoxy) is 1. The number of aromatic nitrogens is 1. The van der Waals surface area contributed by atoms with Gasteiger partial charge in [-0.05, 0) is 17.7 Å². The number of rotatable bonds is 4. The molecule has 1 N–H and O–H groups in total. The third-order valence-corrected chi connectivity index (χ3v) is 3.14. The summed E-state index contributed by atoms with van der Waals surface area (Å²) in [5.74, 6) is 0.0914. The maximum atomic E-state index is 13.7. The summed E-state index contributed by atoms with van der Waals surface area (Å²) in [6, 6.07) is 12.5. The van der Waals surface area contributed by atoms with E-state index in [0.717, 1.165) is 5.56 Å². The van der Waals surface area contributed by atoms with Crippen LogP contribution in [-0.2, 0) is 6.61 Å². The quantitative estimate of drug-likeness (QED) is 0.734. The number of aldehydes is 1. The standard InChI is InChI=1S/C16H12FNO2/c17-13-6-7-14(15-12(9-19)8-18-16(13)15)20-10-11-4-2-1-3-5-11/h1-9,18H,10H2. The lowest BCUT2D eigenvalue weighted by Crippen LogP contribution is -1.96. The van der Waals surface area contributed by atoms with Gasteiger partial charge in [-0.15, -0.1) is 0 Å². The molecule has 3 nitrogen and oxygen atoms in total. The highest BCUT2D eigenvalue weighted by Crippen LogP contribution is 2.30. The zero-order valence-electron chi connectivity index (χ0n) is 10.6. The van der Waals surface area contributed by atoms with Gasteiger partial charge in [0.25, 0.3) is 0 Å². The van der Waals surface area contributed by atoms with E-state index in [1.54, 1.807) is 6.07 Å². The van der Waals surface area contributed by atoms with E-state index < -0.39 is 5.82 Å². The number of carbonyl (C=O) groups excluding carboxylic acids is 1. The lowest BCUT2D eigenvalue weighted by Gasteiger charge is -2.08. The van der Waals surface area contributed by atoms with E-state index >= 15 is 0 Å². The van der Waals surface area contributed by atoms with Crippen molar-refractivity contribution < 1.29 is 13.9 Å². The van der Waals surface area contributed by atoms with Gasteiger partial charge in [0, 0.05) is 11.8 Å². The predicted octanol–water partition coefficient (Wildman–Crippen LogP) is 3.70. The van der Waals surface area contributed by atoms with E-state index in [2.05, 4.69) is 4.98 Å². The minimum Gasteiger partial charge on any atom is -0.488 e. The van der Waals surface area contributed by atoms with E-state index in [1.165, 1.54) is 12.3 Å². The molecule has 0 aliphatic heterocycles. The van der Waals surface area contributed by atoms with Crippen LogP contribution in [0.15, 0.2) is 48.7 Å². The lowest BCUT2D eigenvalue weighted by atomic mass is 10.1. The van der Waals surface area contributed by atoms with Crippen molar-refractivity contribution >= 4 is 17.2 Å². The molecule has 0 spiro atoms. The van der Waals surface area contributed by atoms with Gasteiger partial charge in [-0.1, -0.05) is 30.3 Å². The van der Waals surface area contributed by atoms with E-state index in [1.807, 2.05) is 30.3 Å². The van der Waals surface area contributed by atoms with Gasteiger partial charge < -0.3 is 9.72 Å². The summed E-state index contributed by atoms with van der Waals surface area (Å²) < 4.78 is 19.4.